The van der Waals surface area contributed by atoms with Crippen molar-refractivity contribution >= 4 is 0 Å². The summed E-state index contributed by atoms with van der Waals surface area (Å²) in [4.78, 5) is 11.1. The van der Waals surface area contributed by atoms with Crippen molar-refractivity contribution < 1.29 is 9.78 Å². The van der Waals surface area contributed by atoms with E-state index in [4.69, 9.17) is 9.78 Å². The van der Waals surface area contributed by atoms with E-state index < -0.39 is 0 Å². The van der Waals surface area contributed by atoms with Crippen LogP contribution in [0, 0.1) is 0 Å². The molecule has 0 aromatic carbocycles. The molecule has 0 bridgehead atoms. The number of rotatable bonds is 19. The lowest BCUT2D eigenvalue weighted by molar-refractivity contribution is -0.267. The average molecular weight is 424 g/mol. The molecule has 0 fully saturated rings. The van der Waals surface area contributed by atoms with Crippen molar-refractivity contribution in [3.8, 4) is 0 Å². The summed E-state index contributed by atoms with van der Waals surface area (Å²) in [6.45, 7) is 11.8. The molecule has 0 spiro atoms. The summed E-state index contributed by atoms with van der Waals surface area (Å²) in [7, 11) is 0. The van der Waals surface area contributed by atoms with Crippen LogP contribution >= 0.6 is 0 Å². The van der Waals surface area contributed by atoms with Crippen LogP contribution in [0.5, 0.6) is 0 Å². The summed E-state index contributed by atoms with van der Waals surface area (Å²) in [5.41, 5.74) is -0.000121. The quantitative estimate of drug-likeness (QED) is 0.128. The predicted octanol–water partition coefficient (Wildman–Crippen LogP) is 8.63. The van der Waals surface area contributed by atoms with E-state index >= 15 is 0 Å². The van der Waals surface area contributed by atoms with Gasteiger partial charge in [-0.1, -0.05) is 103 Å². The fourth-order valence-corrected chi connectivity index (χ4v) is 4.72. The highest BCUT2D eigenvalue weighted by Crippen LogP contribution is 2.28. The number of nitrogens with one attached hydrogen (secondary N) is 1. The molecule has 1 N–H and O–H groups in total. The van der Waals surface area contributed by atoms with E-state index in [9.17, 15) is 0 Å². The molecule has 1 aliphatic rings. The first-order valence-electron chi connectivity index (χ1n) is 13.2. The number of unbranched alkanes of at least 4 members (excludes halogenated alkanes) is 15. The second kappa shape index (κ2) is 16.1. The fraction of sp³-hybridized carbons (Fsp3) is 0.926. The van der Waals surface area contributed by atoms with E-state index in [2.05, 4.69) is 46.0 Å². The largest absolute Gasteiger partial charge is 0.342 e. The molecule has 1 heterocycles. The Morgan fingerprint density at radius 1 is 0.700 bits per heavy atom. The van der Waals surface area contributed by atoms with Gasteiger partial charge in [-0.15, -0.1) is 0 Å². The van der Waals surface area contributed by atoms with Gasteiger partial charge in [0.25, 0.3) is 0 Å². The smallest absolute Gasteiger partial charge is 0.142 e. The molecule has 0 amide bonds. The number of hydrogen-bond acceptors (Lipinski definition) is 3. The minimum atomic E-state index is -0.0469. The topological polar surface area (TPSA) is 30.5 Å². The lowest BCUT2D eigenvalue weighted by atomic mass is 9.87. The third kappa shape index (κ3) is 15.3. The fourth-order valence-electron chi connectivity index (χ4n) is 4.72. The van der Waals surface area contributed by atoms with Crippen LogP contribution in [0.3, 0.4) is 0 Å². The van der Waals surface area contributed by atoms with E-state index in [1.54, 1.807) is 0 Å². The van der Waals surface area contributed by atoms with Crippen molar-refractivity contribution in [2.24, 2.45) is 0 Å². The second-order valence-electron chi connectivity index (χ2n) is 10.7. The third-order valence-corrected chi connectivity index (χ3v) is 6.05. The Morgan fingerprint density at radius 3 is 1.57 bits per heavy atom. The highest BCUT2D eigenvalue weighted by Gasteiger charge is 2.33. The molecule has 0 aliphatic carbocycles. The highest BCUT2D eigenvalue weighted by atomic mass is 17.2. The Balaban J connectivity index is 1.82. The van der Waals surface area contributed by atoms with Gasteiger partial charge in [-0.05, 0) is 40.2 Å². The minimum Gasteiger partial charge on any atom is -0.342 e. The van der Waals surface area contributed by atoms with Crippen LogP contribution in [0.2, 0.25) is 0 Å². The standard InChI is InChI=1S/C27H53NO2/c1-6-7-8-9-10-11-12-13-14-15-16-17-18-19-20-21-22-29-30-25-23-26(2,3)28-27(4,5)24-25/h23,28H,6-22,24H2,1-5H3. The molecule has 178 valence electrons. The van der Waals surface area contributed by atoms with Gasteiger partial charge >= 0.3 is 0 Å². The molecule has 0 aromatic rings. The Morgan fingerprint density at radius 2 is 1.13 bits per heavy atom. The average Bonchev–Trinajstić information content (AvgIpc) is 2.64. The Hall–Kier alpha value is -0.540. The van der Waals surface area contributed by atoms with Gasteiger partial charge in [-0.2, -0.15) is 4.89 Å². The van der Waals surface area contributed by atoms with Crippen LogP contribution in [0.4, 0.5) is 0 Å². The Kier molecular flexibility index (Phi) is 14.8. The summed E-state index contributed by atoms with van der Waals surface area (Å²) in [6.07, 6.45) is 25.3. The molecule has 3 nitrogen and oxygen atoms in total. The van der Waals surface area contributed by atoms with E-state index in [-0.39, 0.29) is 11.1 Å². The Labute approximate surface area is 188 Å². The minimum absolute atomic E-state index is 0.0468. The first-order chi connectivity index (χ1) is 14.3. The maximum atomic E-state index is 5.60. The molecule has 30 heavy (non-hydrogen) atoms. The zero-order valence-corrected chi connectivity index (χ0v) is 21.1. The van der Waals surface area contributed by atoms with Crippen LogP contribution in [-0.4, -0.2) is 17.7 Å². The van der Waals surface area contributed by atoms with Crippen molar-refractivity contribution in [1.82, 2.24) is 5.32 Å². The summed E-state index contributed by atoms with van der Waals surface area (Å²) < 4.78 is 0. The summed E-state index contributed by atoms with van der Waals surface area (Å²) in [5, 5.41) is 3.61. The molecule has 0 aromatic heterocycles. The maximum absolute atomic E-state index is 5.60. The van der Waals surface area contributed by atoms with Gasteiger partial charge < -0.3 is 10.2 Å². The van der Waals surface area contributed by atoms with Crippen LogP contribution in [-0.2, 0) is 9.78 Å². The van der Waals surface area contributed by atoms with Gasteiger partial charge in [0.2, 0.25) is 0 Å². The third-order valence-electron chi connectivity index (χ3n) is 6.05. The van der Waals surface area contributed by atoms with Crippen molar-refractivity contribution in [1.29, 1.82) is 0 Å². The van der Waals surface area contributed by atoms with Crippen molar-refractivity contribution in [3.63, 3.8) is 0 Å². The molecular formula is C27H53NO2. The van der Waals surface area contributed by atoms with Crippen LogP contribution in [0.25, 0.3) is 0 Å². The molecule has 1 rings (SSSR count). The van der Waals surface area contributed by atoms with Crippen molar-refractivity contribution in [3.05, 3.63) is 11.8 Å². The van der Waals surface area contributed by atoms with E-state index in [1.807, 2.05) is 0 Å². The van der Waals surface area contributed by atoms with E-state index in [0.29, 0.717) is 6.61 Å². The molecule has 0 radical (unpaired) electrons. The van der Waals surface area contributed by atoms with Crippen LogP contribution < -0.4 is 5.32 Å². The maximum Gasteiger partial charge on any atom is 0.142 e. The molecule has 0 unspecified atom stereocenters. The van der Waals surface area contributed by atoms with Gasteiger partial charge in [0.05, 0.1) is 6.61 Å². The summed E-state index contributed by atoms with van der Waals surface area (Å²) in [5.74, 6) is 0.959. The zero-order chi connectivity index (χ0) is 22.1. The van der Waals surface area contributed by atoms with Crippen molar-refractivity contribution in [2.75, 3.05) is 6.61 Å². The Bertz CT molecular complexity index is 442. The van der Waals surface area contributed by atoms with Gasteiger partial charge in [0.1, 0.15) is 5.76 Å². The highest BCUT2D eigenvalue weighted by molar-refractivity contribution is 5.16. The van der Waals surface area contributed by atoms with Crippen LogP contribution in [0.1, 0.15) is 144 Å². The second-order valence-corrected chi connectivity index (χ2v) is 10.7. The normalized spacial score (nSPS) is 17.7. The number of hydrogen-bond donors (Lipinski definition) is 1. The molecule has 0 saturated heterocycles. The van der Waals surface area contributed by atoms with Crippen LogP contribution in [0.15, 0.2) is 11.8 Å². The molecule has 1 aliphatic heterocycles. The molecule has 0 atom stereocenters. The van der Waals surface area contributed by atoms with Gasteiger partial charge in [-0.3, -0.25) is 0 Å². The summed E-state index contributed by atoms with van der Waals surface area (Å²) in [6, 6.07) is 0. The van der Waals surface area contributed by atoms with E-state index in [0.717, 1.165) is 18.6 Å². The van der Waals surface area contributed by atoms with Gasteiger partial charge in [-0.25, -0.2) is 0 Å². The molecular weight excluding hydrogens is 370 g/mol. The molecule has 3 heteroatoms. The first kappa shape index (κ1) is 27.5. The lowest BCUT2D eigenvalue weighted by Crippen LogP contribution is -2.54. The van der Waals surface area contributed by atoms with Crippen molar-refractivity contribution in [2.45, 2.75) is 155 Å². The lowest BCUT2D eigenvalue weighted by Gasteiger charge is -2.40. The van der Waals surface area contributed by atoms with E-state index in [1.165, 1.54) is 96.3 Å². The van der Waals surface area contributed by atoms with Gasteiger partial charge in [0, 0.05) is 17.5 Å². The van der Waals surface area contributed by atoms with Gasteiger partial charge in [0.15, 0.2) is 0 Å². The first-order valence-corrected chi connectivity index (χ1v) is 13.2. The molecule has 0 saturated carbocycles. The zero-order valence-electron chi connectivity index (χ0n) is 21.1. The summed E-state index contributed by atoms with van der Waals surface area (Å²) >= 11 is 0. The monoisotopic (exact) mass is 423 g/mol. The SMILES string of the molecule is CCCCCCCCCCCCCCCCCCOOC1=CC(C)(C)NC(C)(C)C1. The predicted molar refractivity (Wildman–Crippen MR) is 131 cm³/mol.